The third kappa shape index (κ3) is 5.71. The van der Waals surface area contributed by atoms with Crippen molar-refractivity contribution < 1.29 is 9.84 Å². The van der Waals surface area contributed by atoms with Crippen LogP contribution in [0.2, 0.25) is 0 Å². The van der Waals surface area contributed by atoms with E-state index < -0.39 is 0 Å². The van der Waals surface area contributed by atoms with E-state index in [4.69, 9.17) is 9.72 Å². The maximum atomic E-state index is 9.78. The molecular weight excluding hydrogens is 388 g/mol. The van der Waals surface area contributed by atoms with E-state index in [1.54, 1.807) is 6.20 Å². The zero-order valence-electron chi connectivity index (χ0n) is 18.4. The number of hydrogen-bond acceptors (Lipinski definition) is 6. The van der Waals surface area contributed by atoms with Crippen LogP contribution in [0.4, 0.5) is 5.69 Å². The highest BCUT2D eigenvalue weighted by atomic mass is 16.5. The monoisotopic (exact) mass is 420 g/mol. The predicted molar refractivity (Wildman–Crippen MR) is 126 cm³/mol. The van der Waals surface area contributed by atoms with Crippen LogP contribution in [-0.4, -0.2) is 59.4 Å². The first kappa shape index (κ1) is 21.5. The second kappa shape index (κ2) is 10.1. The number of nitrogens with one attached hydrogen (secondary N) is 1. The van der Waals surface area contributed by atoms with Crippen molar-refractivity contribution in [3.05, 3.63) is 48.7 Å². The van der Waals surface area contributed by atoms with Gasteiger partial charge in [-0.2, -0.15) is 0 Å². The minimum Gasteiger partial charge on any atom is -0.474 e. The molecule has 6 heteroatoms. The third-order valence-corrected chi connectivity index (χ3v) is 5.78. The summed E-state index contributed by atoms with van der Waals surface area (Å²) in [6, 6.07) is 14.3. The van der Waals surface area contributed by atoms with Gasteiger partial charge in [0.15, 0.2) is 0 Å². The quantitative estimate of drug-likeness (QED) is 0.528. The van der Waals surface area contributed by atoms with Gasteiger partial charge in [-0.05, 0) is 83.1 Å². The normalized spacial score (nSPS) is 19.0. The zero-order chi connectivity index (χ0) is 21.6. The number of fused-ring (bicyclic) bond motifs is 1. The molecule has 2 heterocycles. The van der Waals surface area contributed by atoms with E-state index in [-0.39, 0.29) is 12.2 Å². The van der Waals surface area contributed by atoms with Crippen LogP contribution in [0, 0.1) is 0 Å². The number of nitrogens with zero attached hydrogens (tertiary/aromatic N) is 3. The molecular formula is C25H32N4O2. The summed E-state index contributed by atoms with van der Waals surface area (Å²) in [5.74, 6) is 0.632. The summed E-state index contributed by atoms with van der Waals surface area (Å²) in [6.45, 7) is 2.02. The Morgan fingerprint density at radius 2 is 1.87 bits per heavy atom. The van der Waals surface area contributed by atoms with Gasteiger partial charge < -0.3 is 20.1 Å². The van der Waals surface area contributed by atoms with Crippen LogP contribution in [0.15, 0.2) is 48.7 Å². The molecule has 0 radical (unpaired) electrons. The van der Waals surface area contributed by atoms with E-state index >= 15 is 0 Å². The molecule has 0 unspecified atom stereocenters. The van der Waals surface area contributed by atoms with Crippen molar-refractivity contribution in [3.63, 3.8) is 0 Å². The molecule has 0 saturated heterocycles. The summed E-state index contributed by atoms with van der Waals surface area (Å²) < 4.78 is 6.31. The smallest absolute Gasteiger partial charge is 0.223 e. The van der Waals surface area contributed by atoms with Gasteiger partial charge in [0.1, 0.15) is 6.10 Å². The van der Waals surface area contributed by atoms with Crippen molar-refractivity contribution in [2.24, 2.45) is 0 Å². The second-order valence-electron chi connectivity index (χ2n) is 8.59. The Balaban J connectivity index is 1.52. The number of pyridine rings is 2. The van der Waals surface area contributed by atoms with Gasteiger partial charge in [0.05, 0.1) is 22.7 Å². The lowest BCUT2D eigenvalue weighted by atomic mass is 9.95. The van der Waals surface area contributed by atoms with Crippen LogP contribution in [-0.2, 0) is 0 Å². The van der Waals surface area contributed by atoms with Crippen molar-refractivity contribution in [2.45, 2.75) is 44.3 Å². The van der Waals surface area contributed by atoms with Crippen molar-refractivity contribution in [1.29, 1.82) is 0 Å². The van der Waals surface area contributed by atoms with Crippen LogP contribution in [0.1, 0.15) is 32.1 Å². The SMILES string of the molecule is CN(C)CCCNc1ccc(-c2cc3ncccc3c(OC3CCC(O)CC3)n2)cc1. The van der Waals surface area contributed by atoms with E-state index in [1.807, 2.05) is 18.2 Å². The summed E-state index contributed by atoms with van der Waals surface area (Å²) in [5.41, 5.74) is 3.88. The molecule has 1 aliphatic carbocycles. The number of hydrogen-bond donors (Lipinski definition) is 2. The molecule has 1 aliphatic rings. The lowest BCUT2D eigenvalue weighted by Gasteiger charge is -2.26. The van der Waals surface area contributed by atoms with Gasteiger partial charge in [0.2, 0.25) is 5.88 Å². The molecule has 2 aromatic heterocycles. The van der Waals surface area contributed by atoms with Gasteiger partial charge >= 0.3 is 0 Å². The number of anilines is 1. The van der Waals surface area contributed by atoms with Gasteiger partial charge in [-0.3, -0.25) is 4.98 Å². The molecule has 1 fully saturated rings. The van der Waals surface area contributed by atoms with Crippen LogP contribution in [0.25, 0.3) is 22.2 Å². The molecule has 2 N–H and O–H groups in total. The lowest BCUT2D eigenvalue weighted by molar-refractivity contribution is 0.0652. The minimum atomic E-state index is -0.201. The van der Waals surface area contributed by atoms with Crippen LogP contribution < -0.4 is 10.1 Å². The van der Waals surface area contributed by atoms with Gasteiger partial charge in [-0.15, -0.1) is 0 Å². The van der Waals surface area contributed by atoms with Gasteiger partial charge in [-0.25, -0.2) is 4.98 Å². The summed E-state index contributed by atoms with van der Waals surface area (Å²) in [4.78, 5) is 11.6. The Morgan fingerprint density at radius 1 is 1.10 bits per heavy atom. The van der Waals surface area contributed by atoms with Gasteiger partial charge in [0, 0.05) is 24.0 Å². The first-order valence-corrected chi connectivity index (χ1v) is 11.2. The molecule has 6 nitrogen and oxygen atoms in total. The highest BCUT2D eigenvalue weighted by Gasteiger charge is 2.22. The Bertz CT molecular complexity index is 982. The topological polar surface area (TPSA) is 70.5 Å². The number of ether oxygens (including phenoxy) is 1. The highest BCUT2D eigenvalue weighted by Crippen LogP contribution is 2.31. The summed E-state index contributed by atoms with van der Waals surface area (Å²) in [6.07, 6.45) is 6.05. The van der Waals surface area contributed by atoms with Gasteiger partial charge in [-0.1, -0.05) is 12.1 Å². The zero-order valence-corrected chi connectivity index (χ0v) is 18.4. The summed E-state index contributed by atoms with van der Waals surface area (Å²) in [5, 5.41) is 14.2. The van der Waals surface area contributed by atoms with E-state index in [9.17, 15) is 5.11 Å². The standard InChI is InChI=1S/C25H32N4O2/c1-29(2)16-4-15-26-19-8-6-18(7-9-19)23-17-24-22(5-3-14-27-24)25(28-23)31-21-12-10-20(30)11-13-21/h3,5-9,14,17,20-21,26,30H,4,10-13,15-16H2,1-2H3. The third-order valence-electron chi connectivity index (χ3n) is 5.78. The second-order valence-corrected chi connectivity index (χ2v) is 8.59. The average molecular weight is 421 g/mol. The molecule has 1 aromatic carbocycles. The molecule has 0 atom stereocenters. The van der Waals surface area contributed by atoms with Gasteiger partial charge in [0.25, 0.3) is 0 Å². The average Bonchev–Trinajstić information content (AvgIpc) is 2.78. The fourth-order valence-electron chi connectivity index (χ4n) is 3.99. The number of aromatic nitrogens is 2. The number of aliphatic hydroxyl groups is 1. The Hall–Kier alpha value is -2.70. The van der Waals surface area contributed by atoms with E-state index in [0.717, 1.165) is 73.0 Å². The first-order chi connectivity index (χ1) is 15.1. The molecule has 3 aromatic rings. The van der Waals surface area contributed by atoms with Crippen molar-refractivity contribution >= 4 is 16.6 Å². The number of rotatable bonds is 8. The lowest BCUT2D eigenvalue weighted by Crippen LogP contribution is -2.26. The molecule has 0 aliphatic heterocycles. The van der Waals surface area contributed by atoms with Crippen molar-refractivity contribution in [3.8, 4) is 17.1 Å². The Morgan fingerprint density at radius 3 is 2.61 bits per heavy atom. The molecule has 0 bridgehead atoms. The Kier molecular flexibility index (Phi) is 6.99. The molecule has 0 amide bonds. The fourth-order valence-corrected chi connectivity index (χ4v) is 3.99. The highest BCUT2D eigenvalue weighted by molar-refractivity contribution is 5.87. The number of aliphatic hydroxyl groups excluding tert-OH is 1. The summed E-state index contributed by atoms with van der Waals surface area (Å²) >= 11 is 0. The maximum Gasteiger partial charge on any atom is 0.223 e. The van der Waals surface area contributed by atoms with Crippen molar-refractivity contribution in [1.82, 2.24) is 14.9 Å². The summed E-state index contributed by atoms with van der Waals surface area (Å²) in [7, 11) is 4.19. The van der Waals surface area contributed by atoms with E-state index in [1.165, 1.54) is 0 Å². The molecule has 0 spiro atoms. The Labute approximate surface area is 184 Å². The van der Waals surface area contributed by atoms with Crippen LogP contribution in [0.3, 0.4) is 0 Å². The van der Waals surface area contributed by atoms with Crippen LogP contribution in [0.5, 0.6) is 5.88 Å². The molecule has 164 valence electrons. The minimum absolute atomic E-state index is 0.0864. The maximum absolute atomic E-state index is 9.78. The molecule has 1 saturated carbocycles. The number of benzene rings is 1. The molecule has 31 heavy (non-hydrogen) atoms. The van der Waals surface area contributed by atoms with Crippen LogP contribution >= 0.6 is 0 Å². The van der Waals surface area contributed by atoms with Crippen molar-refractivity contribution in [2.75, 3.05) is 32.5 Å². The first-order valence-electron chi connectivity index (χ1n) is 11.2. The molecule has 4 rings (SSSR count). The largest absolute Gasteiger partial charge is 0.474 e. The van der Waals surface area contributed by atoms with E-state index in [2.05, 4.69) is 53.6 Å². The predicted octanol–water partition coefficient (Wildman–Crippen LogP) is 4.34. The fraction of sp³-hybridized carbons (Fsp3) is 0.440. The van der Waals surface area contributed by atoms with E-state index in [0.29, 0.717) is 5.88 Å².